The third-order valence-corrected chi connectivity index (χ3v) is 5.43. The van der Waals surface area contributed by atoms with E-state index in [0.717, 1.165) is 12.8 Å². The summed E-state index contributed by atoms with van der Waals surface area (Å²) < 4.78 is 38.1. The van der Waals surface area contributed by atoms with Crippen LogP contribution in [-0.2, 0) is 21.4 Å². The van der Waals surface area contributed by atoms with E-state index in [1.165, 1.54) is 16.6 Å². The van der Waals surface area contributed by atoms with Crippen molar-refractivity contribution in [1.82, 2.24) is 9.62 Å². The third-order valence-electron chi connectivity index (χ3n) is 4.16. The zero-order valence-corrected chi connectivity index (χ0v) is 14.1. The molecule has 1 heterocycles. The van der Waals surface area contributed by atoms with Crippen LogP contribution in [0.2, 0.25) is 0 Å². The van der Waals surface area contributed by atoms with Crippen LogP contribution in [0.4, 0.5) is 4.39 Å². The normalized spacial score (nSPS) is 19.5. The Hall–Kier alpha value is -1.47. The number of rotatable bonds is 6. The van der Waals surface area contributed by atoms with E-state index in [2.05, 4.69) is 5.32 Å². The number of piperidine rings is 1. The minimum Gasteiger partial charge on any atom is -0.352 e. The van der Waals surface area contributed by atoms with Crippen LogP contribution in [0.15, 0.2) is 24.3 Å². The summed E-state index contributed by atoms with van der Waals surface area (Å²) in [5.41, 5.74) is 0.460. The molecule has 2 rings (SSSR count). The van der Waals surface area contributed by atoms with Crippen molar-refractivity contribution >= 4 is 15.9 Å². The van der Waals surface area contributed by atoms with Crippen molar-refractivity contribution in [3.63, 3.8) is 0 Å². The van der Waals surface area contributed by atoms with E-state index in [1.807, 2.05) is 0 Å². The molecule has 0 saturated carbocycles. The fourth-order valence-corrected chi connectivity index (χ4v) is 3.77. The highest BCUT2D eigenvalue weighted by Crippen LogP contribution is 2.22. The Balaban J connectivity index is 1.75. The number of hydrogen-bond donors (Lipinski definition) is 1. The summed E-state index contributed by atoms with van der Waals surface area (Å²) in [6.07, 6.45) is 3.96. The zero-order valence-electron chi connectivity index (χ0n) is 13.3. The van der Waals surface area contributed by atoms with Gasteiger partial charge in [0, 0.05) is 31.6 Å². The third kappa shape index (κ3) is 5.58. The smallest absolute Gasteiger partial charge is 0.220 e. The first kappa shape index (κ1) is 17.9. The van der Waals surface area contributed by atoms with Crippen molar-refractivity contribution in [3.8, 4) is 0 Å². The van der Waals surface area contributed by atoms with E-state index >= 15 is 0 Å². The van der Waals surface area contributed by atoms with Crippen LogP contribution >= 0.6 is 0 Å². The Morgan fingerprint density at radius 1 is 1.39 bits per heavy atom. The average molecular weight is 342 g/mol. The predicted molar refractivity (Wildman–Crippen MR) is 86.6 cm³/mol. The van der Waals surface area contributed by atoms with Gasteiger partial charge in [-0.3, -0.25) is 4.79 Å². The molecule has 0 aromatic heterocycles. The van der Waals surface area contributed by atoms with E-state index in [1.54, 1.807) is 18.2 Å². The van der Waals surface area contributed by atoms with Gasteiger partial charge >= 0.3 is 0 Å². The molecule has 1 amide bonds. The molecule has 23 heavy (non-hydrogen) atoms. The van der Waals surface area contributed by atoms with Crippen LogP contribution in [0, 0.1) is 11.7 Å². The van der Waals surface area contributed by atoms with E-state index in [9.17, 15) is 17.6 Å². The molecular formula is C16H23FN2O3S. The fraction of sp³-hybridized carbons (Fsp3) is 0.562. The molecule has 1 saturated heterocycles. The van der Waals surface area contributed by atoms with Gasteiger partial charge in [-0.2, -0.15) is 0 Å². The maximum Gasteiger partial charge on any atom is 0.220 e. The monoisotopic (exact) mass is 342 g/mol. The minimum atomic E-state index is -3.16. The second kappa shape index (κ2) is 7.88. The number of nitrogens with one attached hydrogen (secondary N) is 1. The maximum absolute atomic E-state index is 13.5. The highest BCUT2D eigenvalue weighted by molar-refractivity contribution is 7.88. The lowest BCUT2D eigenvalue weighted by molar-refractivity contribution is -0.121. The lowest BCUT2D eigenvalue weighted by Crippen LogP contribution is -2.39. The molecule has 1 aliphatic rings. The number of hydrogen-bond acceptors (Lipinski definition) is 3. The Bertz CT molecular complexity index is 648. The molecule has 0 spiro atoms. The van der Waals surface area contributed by atoms with Gasteiger partial charge in [-0.25, -0.2) is 17.1 Å². The van der Waals surface area contributed by atoms with Gasteiger partial charge in [0.1, 0.15) is 5.82 Å². The van der Waals surface area contributed by atoms with Crippen LogP contribution in [0.3, 0.4) is 0 Å². The van der Waals surface area contributed by atoms with Gasteiger partial charge in [0.2, 0.25) is 15.9 Å². The number of benzene rings is 1. The lowest BCUT2D eigenvalue weighted by atomic mass is 9.94. The molecule has 0 unspecified atom stereocenters. The molecule has 0 radical (unpaired) electrons. The Kier molecular flexibility index (Phi) is 6.12. The fourth-order valence-electron chi connectivity index (χ4n) is 2.82. The summed E-state index contributed by atoms with van der Waals surface area (Å²) in [5, 5.41) is 2.71. The van der Waals surface area contributed by atoms with Crippen molar-refractivity contribution in [2.75, 3.05) is 19.3 Å². The van der Waals surface area contributed by atoms with Gasteiger partial charge < -0.3 is 5.32 Å². The standard InChI is InChI=1S/C16H23FN2O3S/c1-23(21,22)19-10-4-5-13(12-19)8-9-16(20)18-11-14-6-2-3-7-15(14)17/h2-3,6-7,13H,4-5,8-12H2,1H3,(H,18,20)/t13-/m0/s1. The summed E-state index contributed by atoms with van der Waals surface area (Å²) in [6.45, 7) is 1.22. The summed E-state index contributed by atoms with van der Waals surface area (Å²) in [5.74, 6) is -0.258. The molecule has 1 aliphatic heterocycles. The molecule has 1 N–H and O–H groups in total. The molecule has 1 aromatic carbocycles. The van der Waals surface area contributed by atoms with Crippen molar-refractivity contribution in [2.45, 2.75) is 32.2 Å². The van der Waals surface area contributed by atoms with Gasteiger partial charge in [-0.05, 0) is 31.2 Å². The van der Waals surface area contributed by atoms with Crippen molar-refractivity contribution in [3.05, 3.63) is 35.6 Å². The van der Waals surface area contributed by atoms with Crippen LogP contribution in [-0.4, -0.2) is 38.0 Å². The Labute approximate surface area is 136 Å². The first-order valence-electron chi connectivity index (χ1n) is 7.81. The van der Waals surface area contributed by atoms with E-state index in [0.29, 0.717) is 31.5 Å². The molecule has 5 nitrogen and oxygen atoms in total. The molecule has 0 bridgehead atoms. The van der Waals surface area contributed by atoms with E-state index in [4.69, 9.17) is 0 Å². The summed E-state index contributed by atoms with van der Waals surface area (Å²) in [7, 11) is -3.16. The van der Waals surface area contributed by atoms with Crippen molar-refractivity contribution in [1.29, 1.82) is 0 Å². The molecule has 7 heteroatoms. The quantitative estimate of drug-likeness (QED) is 0.858. The van der Waals surface area contributed by atoms with Gasteiger partial charge in [0.15, 0.2) is 0 Å². The number of nitrogens with zero attached hydrogens (tertiary/aromatic N) is 1. The van der Waals surface area contributed by atoms with Crippen molar-refractivity contribution in [2.24, 2.45) is 5.92 Å². The van der Waals surface area contributed by atoms with Gasteiger partial charge in [-0.15, -0.1) is 0 Å². The largest absolute Gasteiger partial charge is 0.352 e. The second-order valence-electron chi connectivity index (χ2n) is 6.04. The molecule has 1 aromatic rings. The topological polar surface area (TPSA) is 66.5 Å². The molecule has 1 atom stereocenters. The summed E-state index contributed by atoms with van der Waals surface area (Å²) in [4.78, 5) is 11.9. The van der Waals surface area contributed by atoms with Crippen LogP contribution in [0.1, 0.15) is 31.2 Å². The number of sulfonamides is 1. The summed E-state index contributed by atoms with van der Waals surface area (Å²) in [6, 6.07) is 6.34. The van der Waals surface area contributed by atoms with Crippen LogP contribution in [0.25, 0.3) is 0 Å². The minimum absolute atomic E-state index is 0.135. The maximum atomic E-state index is 13.5. The first-order chi connectivity index (χ1) is 10.9. The summed E-state index contributed by atoms with van der Waals surface area (Å²) >= 11 is 0. The number of amides is 1. The number of carbonyl (C=O) groups excluding carboxylic acids is 1. The van der Waals surface area contributed by atoms with Crippen LogP contribution < -0.4 is 5.32 Å². The molecular weight excluding hydrogens is 319 g/mol. The number of carbonyl (C=O) groups is 1. The van der Waals surface area contributed by atoms with Gasteiger partial charge in [-0.1, -0.05) is 18.2 Å². The lowest BCUT2D eigenvalue weighted by Gasteiger charge is -2.30. The molecule has 0 aliphatic carbocycles. The van der Waals surface area contributed by atoms with Crippen molar-refractivity contribution < 1.29 is 17.6 Å². The van der Waals surface area contributed by atoms with Gasteiger partial charge in [0.25, 0.3) is 0 Å². The van der Waals surface area contributed by atoms with E-state index in [-0.39, 0.29) is 24.2 Å². The average Bonchev–Trinajstić information content (AvgIpc) is 2.51. The predicted octanol–water partition coefficient (Wildman–Crippen LogP) is 1.89. The Morgan fingerprint density at radius 3 is 2.83 bits per heavy atom. The molecule has 1 fully saturated rings. The SMILES string of the molecule is CS(=O)(=O)N1CCC[C@@H](CCC(=O)NCc2ccccc2F)C1. The second-order valence-corrected chi connectivity index (χ2v) is 8.02. The zero-order chi connectivity index (χ0) is 16.9. The number of halogens is 1. The molecule has 128 valence electrons. The van der Waals surface area contributed by atoms with Gasteiger partial charge in [0.05, 0.1) is 6.26 Å². The van der Waals surface area contributed by atoms with Crippen LogP contribution in [0.5, 0.6) is 0 Å². The van der Waals surface area contributed by atoms with E-state index < -0.39 is 10.0 Å². The highest BCUT2D eigenvalue weighted by atomic mass is 32.2. The Morgan fingerprint density at radius 2 is 2.13 bits per heavy atom. The first-order valence-corrected chi connectivity index (χ1v) is 9.66. The highest BCUT2D eigenvalue weighted by Gasteiger charge is 2.25.